The van der Waals surface area contributed by atoms with E-state index in [0.717, 1.165) is 129 Å². The highest BCUT2D eigenvalue weighted by Gasteiger charge is 2.23. The Balaban J connectivity index is 0.920. The third-order valence-corrected chi connectivity index (χ3v) is 14.3. The fourth-order valence-corrected chi connectivity index (χ4v) is 10.5. The van der Waals surface area contributed by atoms with Gasteiger partial charge in [0.15, 0.2) is 0 Å². The molecule has 0 radical (unpaired) electrons. The molecule has 8 nitrogen and oxygen atoms in total. The lowest BCUT2D eigenvalue weighted by atomic mass is 9.82. The molecule has 1 aliphatic carbocycles. The molecular weight excluding hydrogens is 881 g/mol. The van der Waals surface area contributed by atoms with Crippen molar-refractivity contribution in [3.05, 3.63) is 240 Å². The van der Waals surface area contributed by atoms with Gasteiger partial charge in [-0.3, -0.25) is 29.9 Å². The highest BCUT2D eigenvalue weighted by molar-refractivity contribution is 6.10. The number of aromatic nitrogens is 8. The van der Waals surface area contributed by atoms with Crippen molar-refractivity contribution >= 4 is 55.0 Å². The van der Waals surface area contributed by atoms with Crippen LogP contribution in [0.5, 0.6) is 0 Å². The minimum Gasteiger partial charge on any atom is -0.308 e. The van der Waals surface area contributed by atoms with Crippen LogP contribution in [0.15, 0.2) is 201 Å². The highest BCUT2D eigenvalue weighted by Crippen LogP contribution is 2.42. The molecule has 1 unspecified atom stereocenters. The third-order valence-electron chi connectivity index (χ3n) is 14.3. The molecule has 1 atom stereocenters. The predicted molar refractivity (Wildman–Crippen MR) is 293 cm³/mol. The van der Waals surface area contributed by atoms with Crippen molar-refractivity contribution in [3.8, 4) is 44.8 Å². The molecule has 0 saturated carbocycles. The van der Waals surface area contributed by atoms with Crippen LogP contribution in [0.1, 0.15) is 51.8 Å². The SMILES string of the molecule is Cc1ccc(C2=CC(c3ccc4c(c3)c3ncccc3n4-c3cccc(-n4c5ccc(-c6cc(-c7ccc(C)nc7)cc(-c7ccc(C)nc7)c6)cc5c5ncccc54)c3)=CC(c3ccc(C)nc3)C2)cn1. The summed E-state index contributed by atoms with van der Waals surface area (Å²) in [6, 6.07) is 54.6. The molecule has 0 fully saturated rings. The smallest absolute Gasteiger partial charge is 0.0963 e. The van der Waals surface area contributed by atoms with E-state index in [1.165, 1.54) is 16.7 Å². The lowest BCUT2D eigenvalue weighted by molar-refractivity contribution is 0.859. The minimum atomic E-state index is 0.165. The molecule has 0 amide bonds. The molecule has 8 aromatic heterocycles. The number of hydrogen-bond donors (Lipinski definition) is 0. The summed E-state index contributed by atoms with van der Waals surface area (Å²) in [6.45, 7) is 8.11. The normalized spacial score (nSPS) is 13.8. The Hall–Kier alpha value is -9.14. The zero-order valence-electron chi connectivity index (χ0n) is 40.4. The van der Waals surface area contributed by atoms with Crippen LogP contribution in [0, 0.1) is 27.7 Å². The number of aryl methyl sites for hydroxylation is 4. The summed E-state index contributed by atoms with van der Waals surface area (Å²) in [7, 11) is 0. The molecule has 344 valence electrons. The van der Waals surface area contributed by atoms with E-state index in [1.54, 1.807) is 0 Å². The maximum Gasteiger partial charge on any atom is 0.0963 e. The lowest BCUT2D eigenvalue weighted by Gasteiger charge is -2.23. The molecule has 0 saturated heterocycles. The molecule has 0 bridgehead atoms. The second-order valence-corrected chi connectivity index (χ2v) is 19.1. The topological polar surface area (TPSA) is 87.2 Å². The van der Waals surface area contributed by atoms with Crippen molar-refractivity contribution in [3.63, 3.8) is 0 Å². The fourth-order valence-electron chi connectivity index (χ4n) is 10.5. The minimum absolute atomic E-state index is 0.165. The quantitative estimate of drug-likeness (QED) is 0.151. The van der Waals surface area contributed by atoms with Crippen LogP contribution in [-0.4, -0.2) is 39.0 Å². The summed E-state index contributed by atoms with van der Waals surface area (Å²) in [6.07, 6.45) is 17.3. The number of rotatable bonds is 8. The second-order valence-electron chi connectivity index (χ2n) is 19.1. The molecular formula is C64H48N8. The average molecular weight is 929 g/mol. The molecule has 8 heteroatoms. The van der Waals surface area contributed by atoms with E-state index in [9.17, 15) is 0 Å². The summed E-state index contributed by atoms with van der Waals surface area (Å²) in [4.78, 5) is 28.7. The number of pyridine rings is 6. The maximum atomic E-state index is 5.03. The molecule has 8 heterocycles. The van der Waals surface area contributed by atoms with E-state index in [4.69, 9.17) is 9.97 Å². The highest BCUT2D eigenvalue weighted by atomic mass is 15.0. The van der Waals surface area contributed by atoms with Gasteiger partial charge in [-0.2, -0.15) is 0 Å². The Labute approximate surface area is 417 Å². The molecule has 13 rings (SSSR count). The Kier molecular flexibility index (Phi) is 10.4. The standard InChI is InChI=1S/C64H48N8/c1-39-12-16-45(35-67-39)51-26-49(27-52(30-51)46-17-13-40(2)68-36-46)43-20-22-59-57(32-43)63-61(10-6-24-65-63)71(59)55-8-5-9-56(34-55)72-60-23-21-44(33-58(60)64-62(72)11-7-25-66-64)50-28-53(47-18-14-41(3)69-37-47)31-54(29-50)48-19-15-42(4)70-38-48/h5-30,32-38,53H,31H2,1-4H3. The predicted octanol–water partition coefficient (Wildman–Crippen LogP) is 15.1. The molecule has 0 spiro atoms. The van der Waals surface area contributed by atoms with E-state index < -0.39 is 0 Å². The third kappa shape index (κ3) is 7.65. The lowest BCUT2D eigenvalue weighted by Crippen LogP contribution is -2.05. The number of hydrogen-bond acceptors (Lipinski definition) is 6. The van der Waals surface area contributed by atoms with Crippen molar-refractivity contribution in [2.45, 2.75) is 40.0 Å². The van der Waals surface area contributed by atoms with E-state index in [-0.39, 0.29) is 5.92 Å². The Morgan fingerprint density at radius 3 is 1.40 bits per heavy atom. The van der Waals surface area contributed by atoms with Gasteiger partial charge in [-0.1, -0.05) is 54.6 Å². The average Bonchev–Trinajstić information content (AvgIpc) is 3.94. The summed E-state index contributed by atoms with van der Waals surface area (Å²) < 4.78 is 4.69. The monoisotopic (exact) mass is 928 g/mol. The van der Waals surface area contributed by atoms with Crippen molar-refractivity contribution in [2.24, 2.45) is 0 Å². The van der Waals surface area contributed by atoms with Gasteiger partial charge in [-0.05, 0) is 193 Å². The van der Waals surface area contributed by atoms with Gasteiger partial charge >= 0.3 is 0 Å². The van der Waals surface area contributed by atoms with Crippen molar-refractivity contribution in [1.82, 2.24) is 39.0 Å². The number of benzene rings is 4. The zero-order valence-corrected chi connectivity index (χ0v) is 40.4. The Morgan fingerprint density at radius 1 is 0.389 bits per heavy atom. The Morgan fingerprint density at radius 2 is 0.875 bits per heavy atom. The van der Waals surface area contributed by atoms with Gasteiger partial charge in [0.1, 0.15) is 0 Å². The van der Waals surface area contributed by atoms with E-state index in [1.807, 2.05) is 77.0 Å². The van der Waals surface area contributed by atoms with Gasteiger partial charge in [0.25, 0.3) is 0 Å². The summed E-state index contributed by atoms with van der Waals surface area (Å²) in [5.74, 6) is 0.165. The van der Waals surface area contributed by atoms with Crippen molar-refractivity contribution < 1.29 is 0 Å². The molecule has 72 heavy (non-hydrogen) atoms. The first-order valence-electron chi connectivity index (χ1n) is 24.5. The van der Waals surface area contributed by atoms with E-state index in [0.29, 0.717) is 0 Å². The molecule has 0 aliphatic heterocycles. The molecule has 1 aliphatic rings. The molecule has 12 aromatic rings. The van der Waals surface area contributed by atoms with E-state index in [2.05, 4.69) is 181 Å². The Bertz CT molecular complexity index is 4080. The first-order chi connectivity index (χ1) is 35.3. The van der Waals surface area contributed by atoms with E-state index >= 15 is 0 Å². The summed E-state index contributed by atoms with van der Waals surface area (Å²) in [5, 5.41) is 2.18. The largest absolute Gasteiger partial charge is 0.308 e. The summed E-state index contributed by atoms with van der Waals surface area (Å²) >= 11 is 0. The van der Waals surface area contributed by atoms with Gasteiger partial charge in [0.2, 0.25) is 0 Å². The molecule has 4 aromatic carbocycles. The van der Waals surface area contributed by atoms with Crippen LogP contribution in [0.2, 0.25) is 0 Å². The second kappa shape index (κ2) is 17.4. The van der Waals surface area contributed by atoms with Crippen LogP contribution in [-0.2, 0) is 0 Å². The summed E-state index contributed by atoms with van der Waals surface area (Å²) in [5.41, 5.74) is 24.7. The fraction of sp³-hybridized carbons (Fsp3) is 0.0938. The van der Waals surface area contributed by atoms with Gasteiger partial charge in [0.05, 0.1) is 33.1 Å². The number of allylic oxidation sites excluding steroid dienone is 4. The van der Waals surface area contributed by atoms with Crippen LogP contribution in [0.25, 0.3) is 99.8 Å². The van der Waals surface area contributed by atoms with Crippen LogP contribution >= 0.6 is 0 Å². The van der Waals surface area contributed by atoms with Gasteiger partial charge in [-0.15, -0.1) is 0 Å². The zero-order chi connectivity index (χ0) is 48.5. The number of nitrogens with zero attached hydrogens (tertiary/aromatic N) is 8. The first-order valence-corrected chi connectivity index (χ1v) is 24.5. The van der Waals surface area contributed by atoms with Crippen LogP contribution in [0.3, 0.4) is 0 Å². The van der Waals surface area contributed by atoms with Crippen molar-refractivity contribution in [1.29, 1.82) is 0 Å². The van der Waals surface area contributed by atoms with Crippen LogP contribution < -0.4 is 0 Å². The van der Waals surface area contributed by atoms with Gasteiger partial charge in [0, 0.05) is 99.1 Å². The van der Waals surface area contributed by atoms with Crippen molar-refractivity contribution in [2.75, 3.05) is 0 Å². The van der Waals surface area contributed by atoms with Gasteiger partial charge in [-0.25, -0.2) is 0 Å². The maximum absolute atomic E-state index is 5.03. The number of fused-ring (bicyclic) bond motifs is 6. The van der Waals surface area contributed by atoms with Gasteiger partial charge < -0.3 is 9.13 Å². The molecule has 0 N–H and O–H groups in total. The van der Waals surface area contributed by atoms with Crippen LogP contribution in [0.4, 0.5) is 0 Å². The first kappa shape index (κ1) is 42.9.